The fourth-order valence-electron chi connectivity index (χ4n) is 1.50. The van der Waals surface area contributed by atoms with E-state index in [2.05, 4.69) is 0 Å². The maximum absolute atomic E-state index is 6.05. The van der Waals surface area contributed by atoms with Crippen LogP contribution in [-0.2, 0) is 0 Å². The van der Waals surface area contributed by atoms with Gasteiger partial charge in [0.15, 0.2) is 0 Å². The molecule has 0 amide bonds. The molecule has 0 spiro atoms. The molecule has 0 saturated carbocycles. The Hall–Kier alpha value is -1.000. The third-order valence-electron chi connectivity index (χ3n) is 2.34. The molecule has 0 fully saturated rings. The van der Waals surface area contributed by atoms with Crippen LogP contribution in [0.2, 0.25) is 15.1 Å². The van der Waals surface area contributed by atoms with Crippen LogP contribution in [0.4, 0.5) is 0 Å². The van der Waals surface area contributed by atoms with Gasteiger partial charge in [-0.05, 0) is 24.3 Å². The Bertz CT molecular complexity index is 646. The summed E-state index contributed by atoms with van der Waals surface area (Å²) >= 11 is 22.8. The summed E-state index contributed by atoms with van der Waals surface area (Å²) in [6, 6.07) is 10.1. The average molecular weight is 333 g/mol. The molecule has 6 heteroatoms. The molecule has 0 atom stereocenters. The lowest BCUT2D eigenvalue weighted by Gasteiger charge is -2.12. The Morgan fingerprint density at radius 3 is 2.37 bits per heavy atom. The summed E-state index contributed by atoms with van der Waals surface area (Å²) in [5.41, 5.74) is 6.13. The lowest BCUT2D eigenvalue weighted by molar-refractivity contribution is 0.482. The van der Waals surface area contributed by atoms with Gasteiger partial charge in [-0.1, -0.05) is 53.1 Å². The van der Waals surface area contributed by atoms with Crippen molar-refractivity contribution >= 4 is 52.0 Å². The molecule has 0 bridgehead atoms. The molecule has 2 N–H and O–H groups in total. The molecular weight excluding hydrogens is 325 g/mol. The van der Waals surface area contributed by atoms with Crippen LogP contribution in [-0.4, -0.2) is 4.99 Å². The molecular formula is C13H8Cl3NOS. The van der Waals surface area contributed by atoms with Crippen LogP contribution in [0.25, 0.3) is 0 Å². The van der Waals surface area contributed by atoms with E-state index in [1.54, 1.807) is 36.4 Å². The zero-order valence-electron chi connectivity index (χ0n) is 9.49. The predicted octanol–water partition coefficient (Wildman–Crippen LogP) is 5.07. The Kier molecular flexibility index (Phi) is 4.53. The Balaban J connectivity index is 2.40. The number of hydrogen-bond donors (Lipinski definition) is 1. The zero-order chi connectivity index (χ0) is 14.0. The number of hydrogen-bond acceptors (Lipinski definition) is 2. The van der Waals surface area contributed by atoms with Gasteiger partial charge < -0.3 is 10.5 Å². The molecule has 0 aromatic heterocycles. The number of ether oxygens (including phenoxy) is 1. The van der Waals surface area contributed by atoms with E-state index in [-0.39, 0.29) is 4.99 Å². The first-order valence-electron chi connectivity index (χ1n) is 5.20. The first kappa shape index (κ1) is 14.4. The second kappa shape index (κ2) is 5.97. The van der Waals surface area contributed by atoms with Crippen molar-refractivity contribution in [3.63, 3.8) is 0 Å². The molecule has 2 rings (SSSR count). The van der Waals surface area contributed by atoms with Crippen LogP contribution in [0.3, 0.4) is 0 Å². The number of nitrogens with two attached hydrogens (primary N) is 1. The van der Waals surface area contributed by atoms with E-state index in [0.29, 0.717) is 32.1 Å². The van der Waals surface area contributed by atoms with Gasteiger partial charge in [0.05, 0.1) is 20.6 Å². The molecule has 0 saturated heterocycles. The maximum atomic E-state index is 6.05. The largest absolute Gasteiger partial charge is 0.457 e. The third kappa shape index (κ3) is 3.31. The molecule has 2 aromatic rings. The van der Waals surface area contributed by atoms with E-state index in [1.165, 1.54) is 0 Å². The highest BCUT2D eigenvalue weighted by atomic mass is 35.5. The summed E-state index contributed by atoms with van der Waals surface area (Å²) in [7, 11) is 0. The Morgan fingerprint density at radius 1 is 1.00 bits per heavy atom. The average Bonchev–Trinajstić information content (AvgIpc) is 2.33. The number of benzene rings is 2. The molecule has 0 aliphatic rings. The second-order valence-corrected chi connectivity index (χ2v) is 5.32. The van der Waals surface area contributed by atoms with E-state index >= 15 is 0 Å². The summed E-state index contributed by atoms with van der Waals surface area (Å²) in [6.45, 7) is 0. The number of rotatable bonds is 3. The standard InChI is InChI=1S/C13H8Cl3NOS/c14-8-5-4-7(6-10(8)16)18-11-3-1-2-9(15)12(11)13(17)19/h1-6H,(H2,17,19). The van der Waals surface area contributed by atoms with Gasteiger partial charge in [0, 0.05) is 6.07 Å². The number of halogens is 3. The van der Waals surface area contributed by atoms with Crippen molar-refractivity contribution in [2.75, 3.05) is 0 Å². The topological polar surface area (TPSA) is 35.2 Å². The van der Waals surface area contributed by atoms with Crippen LogP contribution in [0, 0.1) is 0 Å². The minimum atomic E-state index is 0.167. The summed E-state index contributed by atoms with van der Waals surface area (Å²) in [5.74, 6) is 0.993. The quantitative estimate of drug-likeness (QED) is 0.797. The molecule has 2 nitrogen and oxygen atoms in total. The van der Waals surface area contributed by atoms with Gasteiger partial charge in [-0.25, -0.2) is 0 Å². The van der Waals surface area contributed by atoms with Gasteiger partial charge in [-0.15, -0.1) is 0 Å². The normalized spacial score (nSPS) is 10.3. The van der Waals surface area contributed by atoms with Gasteiger partial charge in [0.1, 0.15) is 16.5 Å². The molecule has 0 radical (unpaired) electrons. The fourth-order valence-corrected chi connectivity index (χ4v) is 2.32. The molecule has 0 aliphatic carbocycles. The van der Waals surface area contributed by atoms with Crippen molar-refractivity contribution in [2.45, 2.75) is 0 Å². The fraction of sp³-hybridized carbons (Fsp3) is 0. The van der Waals surface area contributed by atoms with Crippen LogP contribution in [0.1, 0.15) is 5.56 Å². The minimum Gasteiger partial charge on any atom is -0.457 e. The van der Waals surface area contributed by atoms with Gasteiger partial charge in [0.2, 0.25) is 0 Å². The minimum absolute atomic E-state index is 0.167. The summed E-state index contributed by atoms with van der Waals surface area (Å²) in [4.78, 5) is 0.167. The van der Waals surface area contributed by atoms with E-state index < -0.39 is 0 Å². The first-order chi connectivity index (χ1) is 8.99. The van der Waals surface area contributed by atoms with Crippen molar-refractivity contribution in [3.05, 3.63) is 57.0 Å². The lowest BCUT2D eigenvalue weighted by atomic mass is 10.2. The molecule has 0 aliphatic heterocycles. The maximum Gasteiger partial charge on any atom is 0.139 e. The highest BCUT2D eigenvalue weighted by molar-refractivity contribution is 7.80. The molecule has 98 valence electrons. The highest BCUT2D eigenvalue weighted by Gasteiger charge is 2.12. The van der Waals surface area contributed by atoms with E-state index in [1.807, 2.05) is 0 Å². The second-order valence-electron chi connectivity index (χ2n) is 3.66. The lowest BCUT2D eigenvalue weighted by Crippen LogP contribution is -2.11. The van der Waals surface area contributed by atoms with Gasteiger partial charge in [-0.3, -0.25) is 0 Å². The Labute approximate surface area is 131 Å². The smallest absolute Gasteiger partial charge is 0.139 e. The highest BCUT2D eigenvalue weighted by Crippen LogP contribution is 2.33. The molecule has 2 aromatic carbocycles. The SMILES string of the molecule is NC(=S)c1c(Cl)cccc1Oc1ccc(Cl)c(Cl)c1. The molecule has 19 heavy (non-hydrogen) atoms. The van der Waals surface area contributed by atoms with Crippen LogP contribution in [0.15, 0.2) is 36.4 Å². The van der Waals surface area contributed by atoms with Crippen molar-refractivity contribution in [1.29, 1.82) is 0 Å². The van der Waals surface area contributed by atoms with Crippen molar-refractivity contribution in [2.24, 2.45) is 5.73 Å². The monoisotopic (exact) mass is 331 g/mol. The summed E-state index contributed by atoms with van der Waals surface area (Å²) in [6.07, 6.45) is 0. The Morgan fingerprint density at radius 2 is 1.74 bits per heavy atom. The van der Waals surface area contributed by atoms with Crippen LogP contribution >= 0.6 is 47.0 Å². The number of thiocarbonyl (C=S) groups is 1. The summed E-state index contributed by atoms with van der Waals surface area (Å²) < 4.78 is 5.69. The predicted molar refractivity (Wildman–Crippen MR) is 83.9 cm³/mol. The van der Waals surface area contributed by atoms with Gasteiger partial charge >= 0.3 is 0 Å². The summed E-state index contributed by atoms with van der Waals surface area (Å²) in [5, 5.41) is 1.29. The first-order valence-corrected chi connectivity index (χ1v) is 6.74. The van der Waals surface area contributed by atoms with E-state index in [9.17, 15) is 0 Å². The van der Waals surface area contributed by atoms with Crippen molar-refractivity contribution in [3.8, 4) is 11.5 Å². The molecule has 0 heterocycles. The van der Waals surface area contributed by atoms with Crippen LogP contribution < -0.4 is 10.5 Å². The third-order valence-corrected chi connectivity index (χ3v) is 3.60. The van der Waals surface area contributed by atoms with Crippen molar-refractivity contribution < 1.29 is 4.74 Å². The van der Waals surface area contributed by atoms with Crippen molar-refractivity contribution in [1.82, 2.24) is 0 Å². The van der Waals surface area contributed by atoms with E-state index in [0.717, 1.165) is 0 Å². The van der Waals surface area contributed by atoms with Gasteiger partial charge in [0.25, 0.3) is 0 Å². The van der Waals surface area contributed by atoms with Crippen LogP contribution in [0.5, 0.6) is 11.5 Å². The zero-order valence-corrected chi connectivity index (χ0v) is 12.6. The van der Waals surface area contributed by atoms with Gasteiger partial charge in [-0.2, -0.15) is 0 Å². The van der Waals surface area contributed by atoms with E-state index in [4.69, 9.17) is 57.5 Å². The molecule has 0 unspecified atom stereocenters.